The lowest BCUT2D eigenvalue weighted by Gasteiger charge is -2.12. The molecule has 26 heavy (non-hydrogen) atoms. The summed E-state index contributed by atoms with van der Waals surface area (Å²) in [5.41, 5.74) is 0.580. The lowest BCUT2D eigenvalue weighted by atomic mass is 10.1. The van der Waals surface area contributed by atoms with E-state index in [1.54, 1.807) is 23.9 Å². The Hall–Kier alpha value is -3.35. The fourth-order valence-electron chi connectivity index (χ4n) is 2.36. The van der Waals surface area contributed by atoms with E-state index in [-0.39, 0.29) is 29.3 Å². The monoisotopic (exact) mass is 362 g/mol. The number of hydrogen-bond acceptors (Lipinski definition) is 5. The highest BCUT2D eigenvalue weighted by Crippen LogP contribution is 2.35. The second-order valence-corrected chi connectivity index (χ2v) is 5.57. The lowest BCUT2D eigenvalue weighted by molar-refractivity contribution is -0.137. The molecule has 3 rings (SSSR count). The van der Waals surface area contributed by atoms with Crippen molar-refractivity contribution in [2.75, 3.05) is 0 Å². The largest absolute Gasteiger partial charge is 0.487 e. The summed E-state index contributed by atoms with van der Waals surface area (Å²) in [7, 11) is 1.76. The third-order valence-corrected chi connectivity index (χ3v) is 3.71. The van der Waals surface area contributed by atoms with Gasteiger partial charge in [-0.25, -0.2) is 0 Å². The minimum Gasteiger partial charge on any atom is -0.487 e. The Morgan fingerprint density at radius 2 is 2.00 bits per heavy atom. The maximum absolute atomic E-state index is 13.2. The van der Waals surface area contributed by atoms with E-state index in [0.29, 0.717) is 5.69 Å². The van der Waals surface area contributed by atoms with Crippen LogP contribution in [0.15, 0.2) is 24.3 Å². The van der Waals surface area contributed by atoms with Gasteiger partial charge in [-0.05, 0) is 31.2 Å². The van der Waals surface area contributed by atoms with E-state index in [1.807, 2.05) is 6.92 Å². The minimum atomic E-state index is -4.58. The number of alkyl halides is 3. The van der Waals surface area contributed by atoms with E-state index >= 15 is 0 Å². The Morgan fingerprint density at radius 3 is 2.62 bits per heavy atom. The molecule has 134 valence electrons. The first-order valence-electron chi connectivity index (χ1n) is 7.44. The van der Waals surface area contributed by atoms with Crippen LogP contribution in [0.25, 0.3) is 11.3 Å². The molecule has 2 aromatic heterocycles. The van der Waals surface area contributed by atoms with Crippen molar-refractivity contribution in [2.45, 2.75) is 19.7 Å². The van der Waals surface area contributed by atoms with Gasteiger partial charge in [0.25, 0.3) is 0 Å². The molecule has 1 aromatic carbocycles. The van der Waals surface area contributed by atoms with Gasteiger partial charge < -0.3 is 4.74 Å². The van der Waals surface area contributed by atoms with Gasteiger partial charge in [0.05, 0.1) is 5.56 Å². The Labute approximate surface area is 146 Å². The predicted molar refractivity (Wildman–Crippen MR) is 83.8 cm³/mol. The second kappa shape index (κ2) is 6.51. The van der Waals surface area contributed by atoms with Crippen LogP contribution in [0.1, 0.15) is 22.6 Å². The van der Waals surface area contributed by atoms with Crippen molar-refractivity contribution >= 4 is 0 Å². The number of aromatic nitrogens is 5. The van der Waals surface area contributed by atoms with Crippen LogP contribution in [-0.2, 0) is 19.8 Å². The summed E-state index contributed by atoms with van der Waals surface area (Å²) in [6.45, 7) is 1.86. The molecule has 0 spiro atoms. The van der Waals surface area contributed by atoms with E-state index in [0.717, 1.165) is 17.8 Å². The standard InChI is InChI=1S/C16H13F3N6O/c1-9-3-12(23-25(9)2)8-26-13-5-10(4-11(6-13)16(17,18)19)15-14(7-20)21-24-22-15/h3-6H,8H2,1-2H3,(H,21,22,24). The highest BCUT2D eigenvalue weighted by Gasteiger charge is 2.32. The number of benzene rings is 1. The maximum Gasteiger partial charge on any atom is 0.416 e. The number of nitrogens with zero attached hydrogens (tertiary/aromatic N) is 5. The number of aromatic amines is 1. The summed E-state index contributed by atoms with van der Waals surface area (Å²) in [5, 5.41) is 22.8. The predicted octanol–water partition coefficient (Wildman–Crippen LogP) is 2.98. The SMILES string of the molecule is Cc1cc(COc2cc(-c3n[nH]nc3C#N)cc(C(F)(F)F)c2)nn1C. The van der Waals surface area contributed by atoms with Gasteiger partial charge >= 0.3 is 6.18 Å². The Morgan fingerprint density at radius 1 is 1.23 bits per heavy atom. The number of rotatable bonds is 4. The topological polar surface area (TPSA) is 92.4 Å². The van der Waals surface area contributed by atoms with E-state index in [4.69, 9.17) is 10.00 Å². The zero-order valence-electron chi connectivity index (χ0n) is 13.8. The summed E-state index contributed by atoms with van der Waals surface area (Å²) in [4.78, 5) is 0. The third kappa shape index (κ3) is 3.51. The van der Waals surface area contributed by atoms with Crippen LogP contribution < -0.4 is 4.74 Å². The molecule has 0 radical (unpaired) electrons. The molecule has 0 aliphatic rings. The maximum atomic E-state index is 13.2. The van der Waals surface area contributed by atoms with Crippen LogP contribution in [0.4, 0.5) is 13.2 Å². The molecular formula is C16H13F3N6O. The molecular weight excluding hydrogens is 349 g/mol. The molecule has 0 unspecified atom stereocenters. The van der Waals surface area contributed by atoms with Crippen LogP contribution in [-0.4, -0.2) is 25.2 Å². The van der Waals surface area contributed by atoms with Crippen LogP contribution in [0, 0.1) is 18.3 Å². The molecule has 0 saturated carbocycles. The fourth-order valence-corrected chi connectivity index (χ4v) is 2.36. The van der Waals surface area contributed by atoms with Gasteiger partial charge in [0.1, 0.15) is 29.8 Å². The van der Waals surface area contributed by atoms with Crippen molar-refractivity contribution in [3.63, 3.8) is 0 Å². The molecule has 0 saturated heterocycles. The molecule has 3 aromatic rings. The molecule has 1 N–H and O–H groups in total. The zero-order valence-corrected chi connectivity index (χ0v) is 13.8. The highest BCUT2D eigenvalue weighted by molar-refractivity contribution is 5.67. The van der Waals surface area contributed by atoms with E-state index in [2.05, 4.69) is 20.5 Å². The fraction of sp³-hybridized carbons (Fsp3) is 0.250. The first-order chi connectivity index (χ1) is 12.3. The molecule has 0 aliphatic carbocycles. The molecule has 10 heteroatoms. The van der Waals surface area contributed by atoms with E-state index < -0.39 is 11.7 Å². The number of nitriles is 1. The van der Waals surface area contributed by atoms with Gasteiger partial charge in [0.2, 0.25) is 0 Å². The Balaban J connectivity index is 1.96. The quantitative estimate of drug-likeness (QED) is 0.770. The number of H-pyrrole nitrogens is 1. The average molecular weight is 362 g/mol. The molecule has 0 aliphatic heterocycles. The van der Waals surface area contributed by atoms with E-state index in [9.17, 15) is 13.2 Å². The van der Waals surface area contributed by atoms with Crippen molar-refractivity contribution < 1.29 is 17.9 Å². The Kier molecular flexibility index (Phi) is 4.38. The Bertz CT molecular complexity index is 963. The smallest absolute Gasteiger partial charge is 0.416 e. The molecule has 2 heterocycles. The number of hydrogen-bond donors (Lipinski definition) is 1. The van der Waals surface area contributed by atoms with Crippen LogP contribution in [0.2, 0.25) is 0 Å². The van der Waals surface area contributed by atoms with Gasteiger partial charge in [0, 0.05) is 18.3 Å². The number of aryl methyl sites for hydroxylation is 2. The molecule has 7 nitrogen and oxygen atoms in total. The number of nitrogens with one attached hydrogen (secondary N) is 1. The van der Waals surface area contributed by atoms with Crippen LogP contribution in [0.5, 0.6) is 5.75 Å². The van der Waals surface area contributed by atoms with Crippen molar-refractivity contribution in [3.8, 4) is 23.1 Å². The molecule has 0 fully saturated rings. The lowest BCUT2D eigenvalue weighted by Crippen LogP contribution is -2.06. The number of halogens is 3. The molecule has 0 amide bonds. The van der Waals surface area contributed by atoms with Gasteiger partial charge in [-0.1, -0.05) is 0 Å². The summed E-state index contributed by atoms with van der Waals surface area (Å²) in [6, 6.07) is 6.73. The van der Waals surface area contributed by atoms with Gasteiger partial charge in [-0.2, -0.15) is 33.8 Å². The van der Waals surface area contributed by atoms with Crippen molar-refractivity contribution in [1.29, 1.82) is 5.26 Å². The first kappa shape index (κ1) is 17.5. The summed E-state index contributed by atoms with van der Waals surface area (Å²) in [5.74, 6) is -0.00924. The number of ether oxygens (including phenoxy) is 1. The summed E-state index contributed by atoms with van der Waals surface area (Å²) < 4.78 is 46.8. The van der Waals surface area contributed by atoms with Gasteiger partial charge in [-0.3, -0.25) is 4.68 Å². The average Bonchev–Trinajstić information content (AvgIpc) is 3.18. The van der Waals surface area contributed by atoms with Crippen molar-refractivity contribution in [3.05, 3.63) is 46.9 Å². The molecule has 0 atom stereocenters. The first-order valence-corrected chi connectivity index (χ1v) is 7.44. The highest BCUT2D eigenvalue weighted by atomic mass is 19.4. The molecule has 0 bridgehead atoms. The zero-order chi connectivity index (χ0) is 18.9. The second-order valence-electron chi connectivity index (χ2n) is 5.57. The van der Waals surface area contributed by atoms with Crippen molar-refractivity contribution in [1.82, 2.24) is 25.2 Å². The van der Waals surface area contributed by atoms with Gasteiger partial charge in [-0.15, -0.1) is 5.10 Å². The summed E-state index contributed by atoms with van der Waals surface area (Å²) in [6.07, 6.45) is -4.58. The normalized spacial score (nSPS) is 11.4. The minimum absolute atomic E-state index is 0.00630. The third-order valence-electron chi connectivity index (χ3n) is 3.71. The van der Waals surface area contributed by atoms with E-state index in [1.165, 1.54) is 6.07 Å². The van der Waals surface area contributed by atoms with Crippen LogP contribution >= 0.6 is 0 Å². The van der Waals surface area contributed by atoms with Crippen molar-refractivity contribution in [2.24, 2.45) is 7.05 Å². The van der Waals surface area contributed by atoms with Crippen LogP contribution in [0.3, 0.4) is 0 Å². The van der Waals surface area contributed by atoms with Gasteiger partial charge in [0.15, 0.2) is 5.69 Å². The summed E-state index contributed by atoms with van der Waals surface area (Å²) >= 11 is 0.